The van der Waals surface area contributed by atoms with Crippen LogP contribution in [-0.4, -0.2) is 30.8 Å². The summed E-state index contributed by atoms with van der Waals surface area (Å²) < 4.78 is 18.4. The van der Waals surface area contributed by atoms with Gasteiger partial charge in [0.15, 0.2) is 0 Å². The van der Waals surface area contributed by atoms with Crippen molar-refractivity contribution in [2.75, 3.05) is 13.7 Å². The molecule has 0 spiro atoms. The van der Waals surface area contributed by atoms with E-state index in [4.69, 9.17) is 0 Å². The second-order valence-corrected chi connectivity index (χ2v) is 4.19. The standard InChI is InChI=1S/C9H16FNO2.ClH/c1-8(2)6-9(10,4-5-11-8)7(12)13-3;/h11H,4-6H2,1-3H3;1H/t9-;/m1./s1. The van der Waals surface area contributed by atoms with Crippen LogP contribution >= 0.6 is 12.4 Å². The van der Waals surface area contributed by atoms with E-state index in [-0.39, 0.29) is 30.8 Å². The fraction of sp³-hybridized carbons (Fsp3) is 0.889. The molecular weight excluding hydrogens is 209 g/mol. The van der Waals surface area contributed by atoms with E-state index < -0.39 is 11.6 Å². The maximum Gasteiger partial charge on any atom is 0.343 e. The van der Waals surface area contributed by atoms with Gasteiger partial charge in [0.05, 0.1) is 7.11 Å². The van der Waals surface area contributed by atoms with Crippen molar-refractivity contribution in [2.24, 2.45) is 0 Å². The first-order chi connectivity index (χ1) is 5.90. The molecule has 1 fully saturated rings. The van der Waals surface area contributed by atoms with Crippen LogP contribution in [0.1, 0.15) is 26.7 Å². The molecule has 84 valence electrons. The summed E-state index contributed by atoms with van der Waals surface area (Å²) in [6.07, 6.45) is 0.371. The number of carbonyl (C=O) groups is 1. The topological polar surface area (TPSA) is 38.3 Å². The lowest BCUT2D eigenvalue weighted by molar-refractivity contribution is -0.158. The van der Waals surface area contributed by atoms with Gasteiger partial charge < -0.3 is 10.1 Å². The highest BCUT2D eigenvalue weighted by atomic mass is 35.5. The third-order valence-electron chi connectivity index (χ3n) is 2.40. The first-order valence-electron chi connectivity index (χ1n) is 4.42. The molecule has 5 heteroatoms. The Morgan fingerprint density at radius 1 is 1.50 bits per heavy atom. The molecular formula is C9H17ClFNO2. The van der Waals surface area contributed by atoms with Gasteiger partial charge in [-0.1, -0.05) is 0 Å². The predicted octanol–water partition coefficient (Wildman–Crippen LogP) is 1.45. The molecule has 1 N–H and O–H groups in total. The lowest BCUT2D eigenvalue weighted by atomic mass is 9.82. The van der Waals surface area contributed by atoms with Crippen LogP contribution in [0.2, 0.25) is 0 Å². The molecule has 1 heterocycles. The summed E-state index contributed by atoms with van der Waals surface area (Å²) in [6, 6.07) is 0. The molecule has 1 saturated heterocycles. The van der Waals surface area contributed by atoms with E-state index in [0.717, 1.165) is 0 Å². The van der Waals surface area contributed by atoms with E-state index in [9.17, 15) is 9.18 Å². The van der Waals surface area contributed by atoms with E-state index in [1.165, 1.54) is 7.11 Å². The smallest absolute Gasteiger partial charge is 0.343 e. The average molecular weight is 226 g/mol. The zero-order valence-electron chi connectivity index (χ0n) is 8.72. The SMILES string of the molecule is COC(=O)[C@@]1(F)CCNC(C)(C)C1.Cl. The number of alkyl halides is 1. The normalized spacial score (nSPS) is 30.3. The second-order valence-electron chi connectivity index (χ2n) is 4.19. The number of esters is 1. The molecule has 1 aliphatic rings. The number of ether oxygens (including phenoxy) is 1. The Labute approximate surface area is 89.8 Å². The first kappa shape index (κ1) is 13.7. The minimum absolute atomic E-state index is 0. The van der Waals surface area contributed by atoms with Gasteiger partial charge in [-0.3, -0.25) is 0 Å². The minimum Gasteiger partial charge on any atom is -0.467 e. The maximum atomic E-state index is 13.9. The van der Waals surface area contributed by atoms with Gasteiger partial charge >= 0.3 is 5.97 Å². The van der Waals surface area contributed by atoms with Crippen molar-refractivity contribution in [2.45, 2.75) is 37.9 Å². The molecule has 0 radical (unpaired) electrons. The highest BCUT2D eigenvalue weighted by molar-refractivity contribution is 5.85. The van der Waals surface area contributed by atoms with Crippen LogP contribution in [0.25, 0.3) is 0 Å². The van der Waals surface area contributed by atoms with Crippen LogP contribution in [0.3, 0.4) is 0 Å². The highest BCUT2D eigenvalue weighted by Gasteiger charge is 2.46. The van der Waals surface area contributed by atoms with Gasteiger partial charge in [0.25, 0.3) is 0 Å². The number of hydrogen-bond donors (Lipinski definition) is 1. The number of halogens is 2. The van der Waals surface area contributed by atoms with Crippen LogP contribution < -0.4 is 5.32 Å². The van der Waals surface area contributed by atoms with Crippen LogP contribution in [0.5, 0.6) is 0 Å². The van der Waals surface area contributed by atoms with Crippen molar-refractivity contribution < 1.29 is 13.9 Å². The molecule has 0 bridgehead atoms. The summed E-state index contributed by atoms with van der Waals surface area (Å²) in [7, 11) is 1.22. The minimum atomic E-state index is -1.80. The molecule has 1 aliphatic heterocycles. The van der Waals surface area contributed by atoms with Gasteiger partial charge in [0.1, 0.15) is 0 Å². The largest absolute Gasteiger partial charge is 0.467 e. The Morgan fingerprint density at radius 2 is 2.07 bits per heavy atom. The molecule has 1 atom stereocenters. The van der Waals surface area contributed by atoms with Crippen molar-refractivity contribution >= 4 is 18.4 Å². The van der Waals surface area contributed by atoms with E-state index in [2.05, 4.69) is 10.1 Å². The van der Waals surface area contributed by atoms with Gasteiger partial charge in [-0.25, -0.2) is 9.18 Å². The number of carbonyl (C=O) groups excluding carboxylic acids is 1. The molecule has 0 unspecified atom stereocenters. The third-order valence-corrected chi connectivity index (χ3v) is 2.40. The number of rotatable bonds is 1. The number of methoxy groups -OCH3 is 1. The zero-order valence-corrected chi connectivity index (χ0v) is 9.54. The lowest BCUT2D eigenvalue weighted by Crippen LogP contribution is -2.55. The summed E-state index contributed by atoms with van der Waals surface area (Å²) in [4.78, 5) is 11.2. The Hall–Kier alpha value is -0.350. The van der Waals surface area contributed by atoms with Gasteiger partial charge in [0, 0.05) is 18.4 Å². The number of hydrogen-bond acceptors (Lipinski definition) is 3. The quantitative estimate of drug-likeness (QED) is 0.687. The van der Waals surface area contributed by atoms with Crippen LogP contribution in [0, 0.1) is 0 Å². The predicted molar refractivity (Wildman–Crippen MR) is 54.4 cm³/mol. The number of nitrogens with one attached hydrogen (secondary N) is 1. The molecule has 14 heavy (non-hydrogen) atoms. The third kappa shape index (κ3) is 2.82. The van der Waals surface area contributed by atoms with Gasteiger partial charge in [-0.05, 0) is 20.4 Å². The van der Waals surface area contributed by atoms with Crippen molar-refractivity contribution in [1.82, 2.24) is 5.32 Å². The number of piperidine rings is 1. The molecule has 0 saturated carbocycles. The van der Waals surface area contributed by atoms with Gasteiger partial charge in [-0.15, -0.1) is 12.4 Å². The van der Waals surface area contributed by atoms with E-state index >= 15 is 0 Å². The fourth-order valence-electron chi connectivity index (χ4n) is 1.81. The van der Waals surface area contributed by atoms with E-state index in [1.54, 1.807) is 0 Å². The van der Waals surface area contributed by atoms with Crippen molar-refractivity contribution in [3.63, 3.8) is 0 Å². The van der Waals surface area contributed by atoms with Crippen LogP contribution in [0.15, 0.2) is 0 Å². The zero-order chi connectivity index (χ0) is 10.1. The van der Waals surface area contributed by atoms with Crippen LogP contribution in [0.4, 0.5) is 4.39 Å². The van der Waals surface area contributed by atoms with E-state index in [1.807, 2.05) is 13.8 Å². The highest BCUT2D eigenvalue weighted by Crippen LogP contribution is 2.32. The molecule has 0 amide bonds. The lowest BCUT2D eigenvalue weighted by Gasteiger charge is -2.38. The van der Waals surface area contributed by atoms with Gasteiger partial charge in [-0.2, -0.15) is 0 Å². The second kappa shape index (κ2) is 4.45. The molecule has 0 aromatic heterocycles. The first-order valence-corrected chi connectivity index (χ1v) is 4.42. The fourth-order valence-corrected chi connectivity index (χ4v) is 1.81. The Morgan fingerprint density at radius 3 is 2.50 bits per heavy atom. The average Bonchev–Trinajstić information content (AvgIpc) is 2.00. The van der Waals surface area contributed by atoms with Crippen molar-refractivity contribution in [1.29, 1.82) is 0 Å². The van der Waals surface area contributed by atoms with Crippen molar-refractivity contribution in [3.05, 3.63) is 0 Å². The summed E-state index contributed by atoms with van der Waals surface area (Å²) in [6.45, 7) is 4.27. The summed E-state index contributed by atoms with van der Waals surface area (Å²) >= 11 is 0. The van der Waals surface area contributed by atoms with Crippen molar-refractivity contribution in [3.8, 4) is 0 Å². The Kier molecular flexibility index (Phi) is 4.34. The summed E-state index contributed by atoms with van der Waals surface area (Å²) in [5, 5.41) is 3.14. The Bertz CT molecular complexity index is 223. The maximum absolute atomic E-state index is 13.9. The van der Waals surface area contributed by atoms with E-state index in [0.29, 0.717) is 6.54 Å². The Balaban J connectivity index is 0.00000169. The summed E-state index contributed by atoms with van der Waals surface area (Å²) in [5.41, 5.74) is -2.13. The van der Waals surface area contributed by atoms with Gasteiger partial charge in [0.2, 0.25) is 5.67 Å². The molecule has 0 aliphatic carbocycles. The molecule has 0 aromatic carbocycles. The monoisotopic (exact) mass is 225 g/mol. The summed E-state index contributed by atoms with van der Waals surface area (Å²) in [5.74, 6) is -0.748. The van der Waals surface area contributed by atoms with Crippen LogP contribution in [-0.2, 0) is 9.53 Å². The molecule has 1 rings (SSSR count). The molecule has 0 aromatic rings. The molecule has 3 nitrogen and oxygen atoms in total.